The minimum Gasteiger partial charge on any atom is -0.341 e. The highest BCUT2D eigenvalue weighted by Gasteiger charge is 2.12. The molecule has 10 heteroatoms. The fourth-order valence-corrected chi connectivity index (χ4v) is 3.81. The number of nitrogens with two attached hydrogens (primary N) is 1. The van der Waals surface area contributed by atoms with Crippen LogP contribution in [-0.2, 0) is 31.3 Å². The molecule has 0 fully saturated rings. The number of carbonyl (C=O) groups is 1. The Morgan fingerprint density at radius 3 is 2.20 bits per heavy atom. The lowest BCUT2D eigenvalue weighted by Gasteiger charge is -2.21. The third-order valence-corrected chi connectivity index (χ3v) is 6.06. The van der Waals surface area contributed by atoms with Crippen molar-refractivity contribution in [1.82, 2.24) is 9.62 Å². The van der Waals surface area contributed by atoms with Crippen LogP contribution in [0.15, 0.2) is 29.2 Å². The van der Waals surface area contributed by atoms with E-state index in [1.54, 1.807) is 24.0 Å². The molecule has 142 valence electrons. The number of amides is 1. The number of primary sulfonamides is 1. The van der Waals surface area contributed by atoms with E-state index < -0.39 is 20.0 Å². The normalized spacial score (nSPS) is 12.1. The van der Waals surface area contributed by atoms with Gasteiger partial charge >= 0.3 is 0 Å². The maximum Gasteiger partial charge on any atom is 0.238 e. The number of benzene rings is 1. The highest BCUT2D eigenvalue weighted by atomic mass is 32.2. The van der Waals surface area contributed by atoms with E-state index in [4.69, 9.17) is 5.14 Å². The molecule has 0 bridgehead atoms. The summed E-state index contributed by atoms with van der Waals surface area (Å²) in [7, 11) is -7.02. The zero-order chi connectivity index (χ0) is 19.1. The van der Waals surface area contributed by atoms with Crippen LogP contribution in [-0.4, -0.2) is 53.0 Å². The van der Waals surface area contributed by atoms with Gasteiger partial charge in [0.1, 0.15) is 0 Å². The molecular weight excluding hydrogens is 366 g/mol. The molecule has 0 aromatic heterocycles. The van der Waals surface area contributed by atoms with Crippen molar-refractivity contribution >= 4 is 26.0 Å². The van der Waals surface area contributed by atoms with Crippen LogP contribution in [0.2, 0.25) is 0 Å². The summed E-state index contributed by atoms with van der Waals surface area (Å²) >= 11 is 0. The van der Waals surface area contributed by atoms with Gasteiger partial charge in [-0.25, -0.2) is 26.7 Å². The Labute approximate surface area is 149 Å². The Hall–Kier alpha value is -1.49. The van der Waals surface area contributed by atoms with Gasteiger partial charge in [0.05, 0.1) is 10.6 Å². The number of hydrogen-bond acceptors (Lipinski definition) is 5. The van der Waals surface area contributed by atoms with Crippen LogP contribution < -0.4 is 9.86 Å². The molecule has 0 radical (unpaired) electrons. The smallest absolute Gasteiger partial charge is 0.238 e. The van der Waals surface area contributed by atoms with Crippen LogP contribution in [0.5, 0.6) is 0 Å². The predicted octanol–water partition coefficient (Wildman–Crippen LogP) is 0.0544. The number of carbonyl (C=O) groups excluding carboxylic acids is 1. The van der Waals surface area contributed by atoms with Gasteiger partial charge in [0, 0.05) is 26.6 Å². The van der Waals surface area contributed by atoms with Gasteiger partial charge < -0.3 is 4.90 Å². The number of sulfonamides is 2. The molecule has 1 aromatic carbocycles. The summed E-state index contributed by atoms with van der Waals surface area (Å²) in [6.45, 7) is 4.03. The van der Waals surface area contributed by atoms with Gasteiger partial charge in [-0.3, -0.25) is 4.79 Å². The molecule has 1 aromatic rings. The quantitative estimate of drug-likeness (QED) is 0.583. The molecule has 1 amide bonds. The fourth-order valence-electron chi connectivity index (χ4n) is 2.21. The molecule has 0 saturated heterocycles. The zero-order valence-electron chi connectivity index (χ0n) is 14.4. The highest BCUT2D eigenvalue weighted by Crippen LogP contribution is 2.09. The van der Waals surface area contributed by atoms with Crippen molar-refractivity contribution in [3.05, 3.63) is 29.8 Å². The first-order valence-corrected chi connectivity index (χ1v) is 11.1. The second-order valence-corrected chi connectivity index (χ2v) is 9.15. The molecule has 25 heavy (non-hydrogen) atoms. The SMILES string of the molecule is CCCS(=O)(=O)NCCN(CCc1ccc(S(N)(=O)=O)cc1)C(C)=O. The van der Waals surface area contributed by atoms with E-state index in [0.29, 0.717) is 19.4 Å². The van der Waals surface area contributed by atoms with Gasteiger partial charge in [0.25, 0.3) is 0 Å². The third-order valence-electron chi connectivity index (χ3n) is 3.54. The molecule has 0 aliphatic heterocycles. The molecule has 0 heterocycles. The Morgan fingerprint density at radius 2 is 1.72 bits per heavy atom. The first-order chi connectivity index (χ1) is 11.5. The molecule has 1 rings (SSSR count). The summed E-state index contributed by atoms with van der Waals surface area (Å²) in [4.78, 5) is 13.3. The van der Waals surface area contributed by atoms with E-state index >= 15 is 0 Å². The first kappa shape index (κ1) is 21.6. The molecule has 0 saturated carbocycles. The summed E-state index contributed by atoms with van der Waals surface area (Å²) < 4.78 is 48.1. The fraction of sp³-hybridized carbons (Fsp3) is 0.533. The first-order valence-electron chi connectivity index (χ1n) is 7.90. The monoisotopic (exact) mass is 391 g/mol. The lowest BCUT2D eigenvalue weighted by molar-refractivity contribution is -0.128. The Bertz CT molecular complexity index is 774. The maximum atomic E-state index is 11.7. The van der Waals surface area contributed by atoms with E-state index in [9.17, 15) is 21.6 Å². The number of nitrogens with one attached hydrogen (secondary N) is 1. The maximum absolute atomic E-state index is 11.7. The van der Waals surface area contributed by atoms with Gasteiger partial charge in [-0.1, -0.05) is 19.1 Å². The van der Waals surface area contributed by atoms with Gasteiger partial charge in [-0.05, 0) is 30.5 Å². The molecule has 0 spiro atoms. The van der Waals surface area contributed by atoms with E-state index in [1.807, 2.05) is 0 Å². The van der Waals surface area contributed by atoms with E-state index in [2.05, 4.69) is 4.72 Å². The van der Waals surface area contributed by atoms with Crippen molar-refractivity contribution in [1.29, 1.82) is 0 Å². The van der Waals surface area contributed by atoms with E-state index in [-0.39, 0.29) is 29.6 Å². The van der Waals surface area contributed by atoms with Crippen LogP contribution in [0.3, 0.4) is 0 Å². The van der Waals surface area contributed by atoms with Crippen molar-refractivity contribution < 1.29 is 21.6 Å². The molecule has 8 nitrogen and oxygen atoms in total. The topological polar surface area (TPSA) is 127 Å². The van der Waals surface area contributed by atoms with Crippen LogP contribution in [0.25, 0.3) is 0 Å². The largest absolute Gasteiger partial charge is 0.341 e. The van der Waals surface area contributed by atoms with Crippen molar-refractivity contribution in [3.63, 3.8) is 0 Å². The van der Waals surface area contributed by atoms with Gasteiger partial charge in [0.15, 0.2) is 0 Å². The Balaban J connectivity index is 2.57. The summed E-state index contributed by atoms with van der Waals surface area (Å²) in [6.07, 6.45) is 1.05. The van der Waals surface area contributed by atoms with Crippen LogP contribution in [0.1, 0.15) is 25.8 Å². The number of nitrogens with zero attached hydrogens (tertiary/aromatic N) is 1. The lowest BCUT2D eigenvalue weighted by atomic mass is 10.1. The summed E-state index contributed by atoms with van der Waals surface area (Å²) in [6, 6.07) is 6.12. The van der Waals surface area contributed by atoms with E-state index in [0.717, 1.165) is 5.56 Å². The highest BCUT2D eigenvalue weighted by molar-refractivity contribution is 7.89. The minimum atomic E-state index is -3.72. The second-order valence-electron chi connectivity index (χ2n) is 5.66. The van der Waals surface area contributed by atoms with Crippen molar-refractivity contribution in [3.8, 4) is 0 Å². The molecule has 0 unspecified atom stereocenters. The number of hydrogen-bond donors (Lipinski definition) is 2. The van der Waals surface area contributed by atoms with Crippen molar-refractivity contribution in [2.24, 2.45) is 5.14 Å². The Kier molecular flexibility index (Phi) is 8.00. The standard InChI is InChI=1S/C15H25N3O5S2/c1-3-12-24(20,21)17-9-11-18(13(2)19)10-8-14-4-6-15(7-5-14)25(16,22)23/h4-7,17H,3,8-12H2,1-2H3,(H2,16,22,23). The van der Waals surface area contributed by atoms with Crippen LogP contribution in [0, 0.1) is 0 Å². The van der Waals surface area contributed by atoms with Crippen molar-refractivity contribution in [2.45, 2.75) is 31.6 Å². The van der Waals surface area contributed by atoms with Crippen LogP contribution >= 0.6 is 0 Å². The minimum absolute atomic E-state index is 0.0324. The van der Waals surface area contributed by atoms with Crippen LogP contribution in [0.4, 0.5) is 0 Å². The van der Waals surface area contributed by atoms with E-state index in [1.165, 1.54) is 19.1 Å². The average Bonchev–Trinajstić information content (AvgIpc) is 2.49. The van der Waals surface area contributed by atoms with Gasteiger partial charge in [-0.15, -0.1) is 0 Å². The molecule has 3 N–H and O–H groups in total. The van der Waals surface area contributed by atoms with Gasteiger partial charge in [0.2, 0.25) is 26.0 Å². The summed E-state index contributed by atoms with van der Waals surface area (Å²) in [5.41, 5.74) is 0.852. The molecule has 0 atom stereocenters. The lowest BCUT2D eigenvalue weighted by Crippen LogP contribution is -2.39. The van der Waals surface area contributed by atoms with Gasteiger partial charge in [-0.2, -0.15) is 0 Å². The Morgan fingerprint density at radius 1 is 1.12 bits per heavy atom. The van der Waals surface area contributed by atoms with Crippen molar-refractivity contribution in [2.75, 3.05) is 25.4 Å². The predicted molar refractivity (Wildman–Crippen MR) is 95.9 cm³/mol. The summed E-state index contributed by atoms with van der Waals surface area (Å²) in [5, 5.41) is 5.04. The zero-order valence-corrected chi connectivity index (χ0v) is 16.1. The number of rotatable bonds is 10. The summed E-state index contributed by atoms with van der Waals surface area (Å²) in [5.74, 6) is -0.0976. The molecular formula is C15H25N3O5S2. The molecule has 0 aliphatic carbocycles. The second kappa shape index (κ2) is 9.27. The third kappa shape index (κ3) is 7.95. The average molecular weight is 392 g/mol. The molecule has 0 aliphatic rings.